The molecule has 2 amide bonds. The van der Waals surface area contributed by atoms with Crippen molar-refractivity contribution in [2.24, 2.45) is 0 Å². The third-order valence-corrected chi connectivity index (χ3v) is 4.82. The van der Waals surface area contributed by atoms with Crippen LogP contribution in [0.4, 0.5) is 5.69 Å². The van der Waals surface area contributed by atoms with Crippen molar-refractivity contribution >= 4 is 17.5 Å². The van der Waals surface area contributed by atoms with Crippen LogP contribution in [-0.2, 0) is 0 Å². The van der Waals surface area contributed by atoms with Crippen molar-refractivity contribution in [1.82, 2.24) is 14.7 Å². The average molecular weight is 388 g/mol. The van der Waals surface area contributed by atoms with Crippen LogP contribution in [-0.4, -0.2) is 39.6 Å². The molecule has 3 aromatic rings. The number of anilines is 1. The second-order valence-corrected chi connectivity index (χ2v) is 6.83. The molecule has 1 aromatic heterocycles. The zero-order chi connectivity index (χ0) is 20.2. The number of carbonyl (C=O) groups excluding carboxylic acids is 2. The molecule has 0 saturated carbocycles. The molecule has 29 heavy (non-hydrogen) atoms. The number of rotatable bonds is 4. The van der Waals surface area contributed by atoms with Gasteiger partial charge in [-0.15, -0.1) is 0 Å². The normalized spacial score (nSPS) is 13.3. The van der Waals surface area contributed by atoms with Gasteiger partial charge in [0, 0.05) is 30.4 Å². The number of carbonyl (C=O) groups is 2. The lowest BCUT2D eigenvalue weighted by Gasteiger charge is -2.15. The molecule has 2 aromatic carbocycles. The van der Waals surface area contributed by atoms with Gasteiger partial charge in [-0.1, -0.05) is 18.2 Å². The molecule has 0 bridgehead atoms. The monoisotopic (exact) mass is 388 g/mol. The van der Waals surface area contributed by atoms with Gasteiger partial charge in [0.2, 0.25) is 0 Å². The Bertz CT molecular complexity index is 1090. The highest BCUT2D eigenvalue weighted by Gasteiger charge is 2.19. The van der Waals surface area contributed by atoms with Crippen molar-refractivity contribution in [3.05, 3.63) is 88.3 Å². The SMILES string of the molecule is O=C(Nc1ccc(C(=O)N2CCCC2)cc1)c1ccc(=O)n(-c2ccccc2)n1. The summed E-state index contributed by atoms with van der Waals surface area (Å²) in [6.07, 6.45) is 2.08. The third-order valence-electron chi connectivity index (χ3n) is 4.82. The quantitative estimate of drug-likeness (QED) is 0.745. The van der Waals surface area contributed by atoms with E-state index in [1.165, 1.54) is 16.8 Å². The van der Waals surface area contributed by atoms with Crippen LogP contribution in [0, 0.1) is 0 Å². The number of nitrogens with zero attached hydrogens (tertiary/aromatic N) is 3. The molecule has 4 rings (SSSR count). The zero-order valence-corrected chi connectivity index (χ0v) is 15.7. The van der Waals surface area contributed by atoms with Gasteiger partial charge < -0.3 is 10.2 Å². The fourth-order valence-electron chi connectivity index (χ4n) is 3.28. The van der Waals surface area contributed by atoms with Crippen molar-refractivity contribution in [1.29, 1.82) is 0 Å². The average Bonchev–Trinajstić information content (AvgIpc) is 3.29. The number of aromatic nitrogens is 2. The Labute approximate surface area is 167 Å². The number of para-hydroxylation sites is 1. The largest absolute Gasteiger partial charge is 0.339 e. The first-order chi connectivity index (χ1) is 14.1. The first kappa shape index (κ1) is 18.6. The summed E-state index contributed by atoms with van der Waals surface area (Å²) in [5.74, 6) is -0.426. The van der Waals surface area contributed by atoms with E-state index in [9.17, 15) is 14.4 Å². The lowest BCUT2D eigenvalue weighted by atomic mass is 10.2. The highest BCUT2D eigenvalue weighted by Crippen LogP contribution is 2.16. The van der Waals surface area contributed by atoms with Gasteiger partial charge >= 0.3 is 0 Å². The van der Waals surface area contributed by atoms with E-state index in [1.54, 1.807) is 48.5 Å². The Morgan fingerprint density at radius 2 is 1.55 bits per heavy atom. The highest BCUT2D eigenvalue weighted by atomic mass is 16.2. The summed E-state index contributed by atoms with van der Waals surface area (Å²) in [6, 6.07) is 18.4. The summed E-state index contributed by atoms with van der Waals surface area (Å²) in [4.78, 5) is 38.9. The van der Waals surface area contributed by atoms with E-state index in [2.05, 4.69) is 10.4 Å². The van der Waals surface area contributed by atoms with Gasteiger partial charge in [-0.3, -0.25) is 14.4 Å². The Morgan fingerprint density at radius 3 is 2.24 bits per heavy atom. The van der Waals surface area contributed by atoms with Crippen LogP contribution in [0.3, 0.4) is 0 Å². The van der Waals surface area contributed by atoms with E-state index in [4.69, 9.17) is 0 Å². The number of hydrogen-bond donors (Lipinski definition) is 1. The molecule has 7 heteroatoms. The van der Waals surface area contributed by atoms with E-state index >= 15 is 0 Å². The predicted octanol–water partition coefficient (Wildman–Crippen LogP) is 2.72. The summed E-state index contributed by atoms with van der Waals surface area (Å²) >= 11 is 0. The molecule has 2 heterocycles. The molecule has 0 aliphatic carbocycles. The number of nitrogens with one attached hydrogen (secondary N) is 1. The number of benzene rings is 2. The smallest absolute Gasteiger partial charge is 0.276 e. The summed E-state index contributed by atoms with van der Waals surface area (Å²) in [7, 11) is 0. The zero-order valence-electron chi connectivity index (χ0n) is 15.7. The van der Waals surface area contributed by atoms with Gasteiger partial charge in [-0.2, -0.15) is 9.78 Å². The van der Waals surface area contributed by atoms with Crippen LogP contribution in [0.25, 0.3) is 5.69 Å². The Balaban J connectivity index is 1.49. The standard InChI is InChI=1S/C22H20N4O3/c27-20-13-12-19(24-26(20)18-6-2-1-3-7-18)21(28)23-17-10-8-16(9-11-17)22(29)25-14-4-5-15-25/h1-3,6-13H,4-5,14-15H2,(H,23,28). The molecule has 0 unspecified atom stereocenters. The van der Waals surface area contributed by atoms with Crippen LogP contribution >= 0.6 is 0 Å². The minimum Gasteiger partial charge on any atom is -0.339 e. The fourth-order valence-corrected chi connectivity index (χ4v) is 3.28. The topological polar surface area (TPSA) is 84.3 Å². The predicted molar refractivity (Wildman–Crippen MR) is 109 cm³/mol. The van der Waals surface area contributed by atoms with Gasteiger partial charge in [-0.25, -0.2) is 0 Å². The van der Waals surface area contributed by atoms with Crippen LogP contribution in [0.1, 0.15) is 33.7 Å². The van der Waals surface area contributed by atoms with Gasteiger partial charge in [-0.05, 0) is 55.3 Å². The Hall–Kier alpha value is -3.74. The lowest BCUT2D eigenvalue weighted by molar-refractivity contribution is 0.0792. The first-order valence-corrected chi connectivity index (χ1v) is 9.48. The van der Waals surface area contributed by atoms with E-state index < -0.39 is 5.91 Å². The summed E-state index contributed by atoms with van der Waals surface area (Å²) in [5.41, 5.74) is 1.52. The van der Waals surface area contributed by atoms with Crippen molar-refractivity contribution in [3.8, 4) is 5.69 Å². The number of amides is 2. The molecule has 1 aliphatic rings. The van der Waals surface area contributed by atoms with Crippen LogP contribution in [0.2, 0.25) is 0 Å². The van der Waals surface area contributed by atoms with Crippen molar-refractivity contribution < 1.29 is 9.59 Å². The summed E-state index contributed by atoms with van der Waals surface area (Å²) in [6.45, 7) is 1.58. The summed E-state index contributed by atoms with van der Waals surface area (Å²) in [5, 5.41) is 6.92. The molecule has 0 spiro atoms. The molecule has 1 fully saturated rings. The maximum Gasteiger partial charge on any atom is 0.276 e. The van der Waals surface area contributed by atoms with Gasteiger partial charge in [0.05, 0.1) is 5.69 Å². The van der Waals surface area contributed by atoms with Crippen molar-refractivity contribution in [3.63, 3.8) is 0 Å². The second kappa shape index (κ2) is 8.10. The molecule has 1 saturated heterocycles. The van der Waals surface area contributed by atoms with Crippen molar-refractivity contribution in [2.75, 3.05) is 18.4 Å². The first-order valence-electron chi connectivity index (χ1n) is 9.48. The van der Waals surface area contributed by atoms with E-state index in [0.717, 1.165) is 25.9 Å². The molecule has 7 nitrogen and oxygen atoms in total. The maximum atomic E-state index is 12.6. The molecule has 146 valence electrons. The van der Waals surface area contributed by atoms with Crippen LogP contribution in [0.5, 0.6) is 0 Å². The molecule has 1 aliphatic heterocycles. The third kappa shape index (κ3) is 4.08. The second-order valence-electron chi connectivity index (χ2n) is 6.83. The van der Waals surface area contributed by atoms with Gasteiger partial charge in [0.15, 0.2) is 0 Å². The molecular weight excluding hydrogens is 368 g/mol. The van der Waals surface area contributed by atoms with Crippen molar-refractivity contribution in [2.45, 2.75) is 12.8 Å². The van der Waals surface area contributed by atoms with E-state index in [-0.39, 0.29) is 17.2 Å². The highest BCUT2D eigenvalue weighted by molar-refractivity contribution is 6.03. The Kier molecular flexibility index (Phi) is 5.20. The van der Waals surface area contributed by atoms with Crippen LogP contribution < -0.4 is 10.9 Å². The maximum absolute atomic E-state index is 12.6. The van der Waals surface area contributed by atoms with Gasteiger partial charge in [0.1, 0.15) is 5.69 Å². The van der Waals surface area contributed by atoms with E-state index in [0.29, 0.717) is 16.9 Å². The number of hydrogen-bond acceptors (Lipinski definition) is 4. The molecule has 0 radical (unpaired) electrons. The van der Waals surface area contributed by atoms with E-state index in [1.807, 2.05) is 11.0 Å². The molecular formula is C22H20N4O3. The minimum absolute atomic E-state index is 0.0111. The minimum atomic E-state index is -0.437. The molecule has 0 atom stereocenters. The fraction of sp³-hybridized carbons (Fsp3) is 0.182. The Morgan fingerprint density at radius 1 is 0.862 bits per heavy atom. The van der Waals surface area contributed by atoms with Gasteiger partial charge in [0.25, 0.3) is 17.4 Å². The number of likely N-dealkylation sites (tertiary alicyclic amines) is 1. The lowest BCUT2D eigenvalue weighted by Crippen LogP contribution is -2.27. The van der Waals surface area contributed by atoms with Crippen LogP contribution in [0.15, 0.2) is 71.5 Å². The molecule has 1 N–H and O–H groups in total. The summed E-state index contributed by atoms with van der Waals surface area (Å²) < 4.78 is 1.19.